The Bertz CT molecular complexity index is 774. The Morgan fingerprint density at radius 1 is 1.28 bits per heavy atom. The Morgan fingerprint density at radius 3 is 2.72 bits per heavy atom. The summed E-state index contributed by atoms with van der Waals surface area (Å²) in [6.45, 7) is 1.75. The van der Waals surface area contributed by atoms with Gasteiger partial charge in [0.15, 0.2) is 0 Å². The van der Waals surface area contributed by atoms with Gasteiger partial charge in [-0.1, -0.05) is 12.1 Å². The maximum absolute atomic E-state index is 12.9. The van der Waals surface area contributed by atoms with Crippen LogP contribution in [0.1, 0.15) is 5.82 Å². The lowest BCUT2D eigenvalue weighted by Gasteiger charge is -1.95. The average Bonchev–Trinajstić information content (AvgIpc) is 2.74. The minimum Gasteiger partial charge on any atom is -0.310 e. The average molecular weight is 260 g/mol. The molecular weight excluding hydrogens is 251 g/mol. The molecule has 0 atom stereocenters. The summed E-state index contributed by atoms with van der Waals surface area (Å²) in [6, 6.07) is 7.99. The van der Waals surface area contributed by atoms with E-state index in [4.69, 9.17) is 0 Å². The molecule has 5 heteroatoms. The molecule has 0 aliphatic rings. The van der Waals surface area contributed by atoms with Crippen molar-refractivity contribution in [2.24, 2.45) is 0 Å². The van der Waals surface area contributed by atoms with E-state index in [0.29, 0.717) is 16.0 Å². The number of benzene rings is 1. The Balaban J connectivity index is 2.22. The molecule has 2 aromatic heterocycles. The van der Waals surface area contributed by atoms with Crippen LogP contribution in [0.5, 0.6) is 0 Å². The normalized spacial score (nSPS) is 11.0. The number of aromatic nitrogens is 2. The topological polar surface area (TPSA) is 45.8 Å². The fourth-order valence-corrected chi connectivity index (χ4v) is 2.88. The van der Waals surface area contributed by atoms with E-state index >= 15 is 0 Å². The summed E-state index contributed by atoms with van der Waals surface area (Å²) in [5.41, 5.74) is 0.749. The third-order valence-electron chi connectivity index (χ3n) is 2.65. The zero-order valence-electron chi connectivity index (χ0n) is 9.53. The Hall–Kier alpha value is -2.01. The first-order chi connectivity index (χ1) is 8.63. The largest absolute Gasteiger partial charge is 0.310 e. The van der Waals surface area contributed by atoms with Gasteiger partial charge in [0.25, 0.3) is 5.56 Å². The van der Waals surface area contributed by atoms with E-state index in [9.17, 15) is 9.18 Å². The maximum Gasteiger partial charge on any atom is 0.259 e. The van der Waals surface area contributed by atoms with Gasteiger partial charge >= 0.3 is 0 Å². The Kier molecular flexibility index (Phi) is 2.48. The van der Waals surface area contributed by atoms with E-state index in [-0.39, 0.29) is 11.4 Å². The molecule has 0 saturated carbocycles. The predicted molar refractivity (Wildman–Crippen MR) is 70.4 cm³/mol. The van der Waals surface area contributed by atoms with Crippen LogP contribution < -0.4 is 5.56 Å². The van der Waals surface area contributed by atoms with Gasteiger partial charge < -0.3 is 4.98 Å². The summed E-state index contributed by atoms with van der Waals surface area (Å²) in [7, 11) is 0. The first kappa shape index (κ1) is 11.1. The van der Waals surface area contributed by atoms with E-state index < -0.39 is 0 Å². The quantitative estimate of drug-likeness (QED) is 0.730. The zero-order valence-corrected chi connectivity index (χ0v) is 10.3. The van der Waals surface area contributed by atoms with Gasteiger partial charge in [-0.3, -0.25) is 4.79 Å². The highest BCUT2D eigenvalue weighted by Crippen LogP contribution is 2.30. The fraction of sp³-hybridized carbons (Fsp3) is 0.0769. The smallest absolute Gasteiger partial charge is 0.259 e. The lowest BCUT2D eigenvalue weighted by Crippen LogP contribution is -2.07. The third-order valence-corrected chi connectivity index (χ3v) is 3.73. The fourth-order valence-electron chi connectivity index (χ4n) is 1.80. The molecule has 18 heavy (non-hydrogen) atoms. The molecule has 2 heterocycles. The summed E-state index contributed by atoms with van der Waals surface area (Å²) >= 11 is 1.43. The summed E-state index contributed by atoms with van der Waals surface area (Å²) in [5.74, 6) is 0.326. The highest BCUT2D eigenvalue weighted by atomic mass is 32.1. The van der Waals surface area contributed by atoms with E-state index in [1.54, 1.807) is 25.1 Å². The number of hydrogen-bond donors (Lipinski definition) is 1. The van der Waals surface area contributed by atoms with Crippen LogP contribution in [0, 0.1) is 12.7 Å². The van der Waals surface area contributed by atoms with Crippen molar-refractivity contribution >= 4 is 21.6 Å². The number of nitrogens with one attached hydrogen (secondary N) is 1. The van der Waals surface area contributed by atoms with Gasteiger partial charge in [0.2, 0.25) is 0 Å². The van der Waals surface area contributed by atoms with Crippen LogP contribution in [0.2, 0.25) is 0 Å². The summed E-state index contributed by atoms with van der Waals surface area (Å²) in [6.07, 6.45) is 0. The lowest BCUT2D eigenvalue weighted by atomic mass is 10.2. The molecule has 0 fully saturated rings. The molecule has 0 amide bonds. The number of fused-ring (bicyclic) bond motifs is 1. The molecule has 0 bridgehead atoms. The van der Waals surface area contributed by atoms with Crippen molar-refractivity contribution in [2.45, 2.75) is 6.92 Å². The minimum absolute atomic E-state index is 0.137. The van der Waals surface area contributed by atoms with Crippen molar-refractivity contribution in [3.63, 3.8) is 0 Å². The third kappa shape index (κ3) is 1.82. The maximum atomic E-state index is 12.9. The van der Waals surface area contributed by atoms with Crippen molar-refractivity contribution in [3.05, 3.63) is 52.3 Å². The van der Waals surface area contributed by atoms with Gasteiger partial charge in [-0.15, -0.1) is 11.3 Å². The molecule has 3 aromatic rings. The van der Waals surface area contributed by atoms with Crippen molar-refractivity contribution in [1.29, 1.82) is 0 Å². The van der Waals surface area contributed by atoms with Gasteiger partial charge in [-0.2, -0.15) is 0 Å². The first-order valence-corrected chi connectivity index (χ1v) is 6.21. The molecule has 0 spiro atoms. The Morgan fingerprint density at radius 2 is 2.00 bits per heavy atom. The Labute approximate surface area is 106 Å². The molecule has 0 aliphatic carbocycles. The molecule has 0 radical (unpaired) electrons. The van der Waals surface area contributed by atoms with Crippen molar-refractivity contribution in [2.75, 3.05) is 0 Å². The molecule has 3 nitrogen and oxygen atoms in total. The molecule has 0 aliphatic heterocycles. The van der Waals surface area contributed by atoms with E-state index in [2.05, 4.69) is 9.97 Å². The lowest BCUT2D eigenvalue weighted by molar-refractivity contribution is 0.628. The van der Waals surface area contributed by atoms with E-state index in [1.807, 2.05) is 0 Å². The summed E-state index contributed by atoms with van der Waals surface area (Å²) in [5, 5.41) is 0.574. The summed E-state index contributed by atoms with van der Waals surface area (Å²) < 4.78 is 12.9. The van der Waals surface area contributed by atoms with Crippen LogP contribution in [0.15, 0.2) is 35.1 Å². The second kappa shape index (κ2) is 4.03. The number of nitrogens with zero attached hydrogens (tertiary/aromatic N) is 1. The standard InChI is InChI=1S/C13H9FN2OS/c1-7-15-12(17)10-6-11(18-13(10)16-7)8-2-4-9(14)5-3-8/h2-6H,1H3,(H,15,16,17). The number of hydrogen-bond acceptors (Lipinski definition) is 3. The second-order valence-corrected chi connectivity index (χ2v) is 5.02. The summed E-state index contributed by atoms with van der Waals surface area (Å²) in [4.78, 5) is 20.3. The highest BCUT2D eigenvalue weighted by molar-refractivity contribution is 7.21. The van der Waals surface area contributed by atoms with Gasteiger partial charge in [0, 0.05) is 4.88 Å². The number of thiophene rings is 1. The number of H-pyrrole nitrogens is 1. The molecule has 0 unspecified atom stereocenters. The molecule has 3 rings (SSSR count). The second-order valence-electron chi connectivity index (χ2n) is 3.99. The number of aromatic amines is 1. The molecule has 1 aromatic carbocycles. The SMILES string of the molecule is Cc1nc2sc(-c3ccc(F)cc3)cc2c(=O)[nH]1. The predicted octanol–water partition coefficient (Wildman–Crippen LogP) is 3.10. The molecule has 90 valence electrons. The van der Waals surface area contributed by atoms with Crippen LogP contribution in [0.4, 0.5) is 4.39 Å². The minimum atomic E-state index is -0.272. The number of halogens is 1. The van der Waals surface area contributed by atoms with E-state index in [1.165, 1.54) is 23.5 Å². The van der Waals surface area contributed by atoms with Crippen LogP contribution in [0.3, 0.4) is 0 Å². The van der Waals surface area contributed by atoms with Crippen LogP contribution in [-0.4, -0.2) is 9.97 Å². The molecule has 1 N–H and O–H groups in total. The van der Waals surface area contributed by atoms with Gasteiger partial charge in [-0.05, 0) is 30.7 Å². The highest BCUT2D eigenvalue weighted by Gasteiger charge is 2.08. The first-order valence-electron chi connectivity index (χ1n) is 5.40. The van der Waals surface area contributed by atoms with Crippen LogP contribution in [0.25, 0.3) is 20.7 Å². The monoisotopic (exact) mass is 260 g/mol. The van der Waals surface area contributed by atoms with Gasteiger partial charge in [0.05, 0.1) is 5.39 Å². The van der Waals surface area contributed by atoms with Crippen molar-refractivity contribution in [3.8, 4) is 10.4 Å². The molecular formula is C13H9FN2OS. The molecule has 0 saturated heterocycles. The van der Waals surface area contributed by atoms with Crippen molar-refractivity contribution in [1.82, 2.24) is 9.97 Å². The van der Waals surface area contributed by atoms with E-state index in [0.717, 1.165) is 10.4 Å². The number of aryl methyl sites for hydroxylation is 1. The van der Waals surface area contributed by atoms with Crippen LogP contribution in [-0.2, 0) is 0 Å². The van der Waals surface area contributed by atoms with Crippen LogP contribution >= 0.6 is 11.3 Å². The number of rotatable bonds is 1. The van der Waals surface area contributed by atoms with Gasteiger partial charge in [0.1, 0.15) is 16.5 Å². The zero-order chi connectivity index (χ0) is 12.7. The van der Waals surface area contributed by atoms with Gasteiger partial charge in [-0.25, -0.2) is 9.37 Å². The van der Waals surface area contributed by atoms with Crippen molar-refractivity contribution < 1.29 is 4.39 Å².